The number of piperidine rings is 1. The van der Waals surface area contributed by atoms with Crippen LogP contribution >= 0.6 is 11.6 Å². The normalized spacial score (nSPS) is 13.7. The zero-order valence-electron chi connectivity index (χ0n) is 16.9. The fraction of sp³-hybridized carbons (Fsp3) is 0.261. The summed E-state index contributed by atoms with van der Waals surface area (Å²) in [6.07, 6.45) is 3.71. The Kier molecular flexibility index (Phi) is 6.14. The van der Waals surface area contributed by atoms with E-state index in [1.807, 2.05) is 55.5 Å². The molecule has 6 nitrogen and oxygen atoms in total. The van der Waals surface area contributed by atoms with Gasteiger partial charge in [0.25, 0.3) is 0 Å². The van der Waals surface area contributed by atoms with Crippen molar-refractivity contribution in [1.82, 2.24) is 10.2 Å². The molecule has 2 N–H and O–H groups in total. The first-order valence-corrected chi connectivity index (χ1v) is 10.5. The van der Waals surface area contributed by atoms with Gasteiger partial charge in [-0.1, -0.05) is 29.8 Å². The van der Waals surface area contributed by atoms with E-state index in [-0.39, 0.29) is 6.03 Å². The highest BCUT2D eigenvalue weighted by atomic mass is 35.5. The van der Waals surface area contributed by atoms with Crippen molar-refractivity contribution in [2.75, 3.05) is 28.6 Å². The van der Waals surface area contributed by atoms with Crippen LogP contribution < -0.4 is 15.5 Å². The Labute approximate surface area is 181 Å². The molecule has 2 aromatic carbocycles. The van der Waals surface area contributed by atoms with Crippen LogP contribution in [0.2, 0.25) is 5.02 Å². The van der Waals surface area contributed by atoms with E-state index in [1.165, 1.54) is 19.3 Å². The van der Waals surface area contributed by atoms with Crippen LogP contribution in [0.1, 0.15) is 24.8 Å². The zero-order chi connectivity index (χ0) is 20.9. The molecule has 0 saturated carbocycles. The van der Waals surface area contributed by atoms with E-state index < -0.39 is 0 Å². The average molecular weight is 422 g/mol. The highest BCUT2D eigenvalue weighted by Gasteiger charge is 2.13. The predicted molar refractivity (Wildman–Crippen MR) is 122 cm³/mol. The Bertz CT molecular complexity index is 1010. The average Bonchev–Trinajstić information content (AvgIpc) is 2.77. The maximum absolute atomic E-state index is 12.3. The fourth-order valence-electron chi connectivity index (χ4n) is 3.51. The number of aromatic nitrogens is 2. The molecule has 30 heavy (non-hydrogen) atoms. The molecule has 7 heteroatoms. The second-order valence-electron chi connectivity index (χ2n) is 7.46. The molecule has 0 spiro atoms. The number of urea groups is 1. The van der Waals surface area contributed by atoms with E-state index >= 15 is 0 Å². The minimum Gasteiger partial charge on any atom is -0.355 e. The van der Waals surface area contributed by atoms with Gasteiger partial charge in [0.15, 0.2) is 5.82 Å². The summed E-state index contributed by atoms with van der Waals surface area (Å²) >= 11 is 6.13. The number of nitrogens with zero attached hydrogens (tertiary/aromatic N) is 3. The van der Waals surface area contributed by atoms with Crippen molar-refractivity contribution in [1.29, 1.82) is 0 Å². The van der Waals surface area contributed by atoms with Gasteiger partial charge in [-0.05, 0) is 68.1 Å². The second kappa shape index (κ2) is 9.13. The molecule has 1 saturated heterocycles. The molecular weight excluding hydrogens is 398 g/mol. The first-order chi connectivity index (χ1) is 14.6. The van der Waals surface area contributed by atoms with Crippen molar-refractivity contribution in [3.8, 4) is 11.3 Å². The van der Waals surface area contributed by atoms with E-state index in [0.717, 1.165) is 35.7 Å². The number of rotatable bonds is 4. The van der Waals surface area contributed by atoms with Crippen LogP contribution in [-0.4, -0.2) is 29.3 Å². The number of benzene rings is 2. The van der Waals surface area contributed by atoms with Crippen molar-refractivity contribution in [3.05, 3.63) is 65.2 Å². The van der Waals surface area contributed by atoms with Gasteiger partial charge in [-0.2, -0.15) is 0 Å². The van der Waals surface area contributed by atoms with Gasteiger partial charge in [0, 0.05) is 24.3 Å². The van der Waals surface area contributed by atoms with Crippen LogP contribution in [0.25, 0.3) is 11.3 Å². The minimum atomic E-state index is -0.346. The highest BCUT2D eigenvalue weighted by Crippen LogP contribution is 2.24. The van der Waals surface area contributed by atoms with Gasteiger partial charge in [0.05, 0.1) is 16.4 Å². The molecule has 1 aliphatic heterocycles. The summed E-state index contributed by atoms with van der Waals surface area (Å²) in [6.45, 7) is 4.04. The molecule has 0 bridgehead atoms. The number of halogens is 1. The number of hydrogen-bond donors (Lipinski definition) is 2. The molecule has 0 atom stereocenters. The Morgan fingerprint density at radius 2 is 1.70 bits per heavy atom. The van der Waals surface area contributed by atoms with Crippen LogP contribution in [0.4, 0.5) is 22.0 Å². The summed E-state index contributed by atoms with van der Waals surface area (Å²) in [7, 11) is 0. The summed E-state index contributed by atoms with van der Waals surface area (Å²) < 4.78 is 0. The lowest BCUT2D eigenvalue weighted by Crippen LogP contribution is -2.30. The van der Waals surface area contributed by atoms with Gasteiger partial charge < -0.3 is 15.5 Å². The number of anilines is 3. The number of nitrogens with one attached hydrogen (secondary N) is 2. The van der Waals surface area contributed by atoms with E-state index in [9.17, 15) is 4.79 Å². The lowest BCUT2D eigenvalue weighted by molar-refractivity contribution is 0.262. The molecule has 0 unspecified atom stereocenters. The Morgan fingerprint density at radius 3 is 2.40 bits per heavy atom. The van der Waals surface area contributed by atoms with Crippen LogP contribution in [0, 0.1) is 6.92 Å². The monoisotopic (exact) mass is 421 g/mol. The van der Waals surface area contributed by atoms with Crippen LogP contribution in [0.5, 0.6) is 0 Å². The molecule has 4 rings (SSSR count). The van der Waals surface area contributed by atoms with Crippen molar-refractivity contribution >= 4 is 34.8 Å². The van der Waals surface area contributed by atoms with Crippen LogP contribution in [-0.2, 0) is 0 Å². The van der Waals surface area contributed by atoms with Gasteiger partial charge in [-0.25, -0.2) is 4.79 Å². The summed E-state index contributed by atoms with van der Waals surface area (Å²) in [4.78, 5) is 14.6. The highest BCUT2D eigenvalue weighted by molar-refractivity contribution is 6.33. The SMILES string of the molecule is Cc1ccc(Cl)c(NC(=O)Nc2ccc(-c3ccc(N4CCCCC4)nn3)cc2)c1. The Morgan fingerprint density at radius 1 is 0.933 bits per heavy atom. The van der Waals surface area contributed by atoms with E-state index in [4.69, 9.17) is 11.6 Å². The lowest BCUT2D eigenvalue weighted by Gasteiger charge is -2.27. The third kappa shape index (κ3) is 4.89. The predicted octanol–water partition coefficient (Wildman–Crippen LogP) is 5.74. The van der Waals surface area contributed by atoms with E-state index in [0.29, 0.717) is 16.4 Å². The lowest BCUT2D eigenvalue weighted by atomic mass is 10.1. The number of hydrogen-bond acceptors (Lipinski definition) is 4. The fourth-order valence-corrected chi connectivity index (χ4v) is 3.68. The van der Waals surface area contributed by atoms with Crippen molar-refractivity contribution in [2.45, 2.75) is 26.2 Å². The molecule has 1 aliphatic rings. The molecule has 154 valence electrons. The molecule has 0 radical (unpaired) electrons. The summed E-state index contributed by atoms with van der Waals surface area (Å²) in [5.74, 6) is 0.934. The zero-order valence-corrected chi connectivity index (χ0v) is 17.6. The van der Waals surface area contributed by atoms with Gasteiger partial charge in [-0.3, -0.25) is 0 Å². The molecule has 0 aliphatic carbocycles. The van der Waals surface area contributed by atoms with Gasteiger partial charge in [-0.15, -0.1) is 10.2 Å². The third-order valence-corrected chi connectivity index (χ3v) is 5.47. The summed E-state index contributed by atoms with van der Waals surface area (Å²) in [5, 5.41) is 14.9. The molecule has 1 fully saturated rings. The van der Waals surface area contributed by atoms with Gasteiger partial charge in [0.2, 0.25) is 0 Å². The summed E-state index contributed by atoms with van der Waals surface area (Å²) in [6, 6.07) is 16.7. The number of amides is 2. The largest absolute Gasteiger partial charge is 0.355 e. The molecule has 3 aromatic rings. The Hall–Kier alpha value is -3.12. The van der Waals surface area contributed by atoms with Crippen molar-refractivity contribution in [2.24, 2.45) is 0 Å². The molecule has 2 amide bonds. The second-order valence-corrected chi connectivity index (χ2v) is 7.87. The van der Waals surface area contributed by atoms with Crippen LogP contribution in [0.3, 0.4) is 0 Å². The van der Waals surface area contributed by atoms with Crippen molar-refractivity contribution < 1.29 is 4.79 Å². The molecule has 2 heterocycles. The number of aryl methyl sites for hydroxylation is 1. The topological polar surface area (TPSA) is 70.2 Å². The van der Waals surface area contributed by atoms with Crippen molar-refractivity contribution in [3.63, 3.8) is 0 Å². The van der Waals surface area contributed by atoms with E-state index in [2.05, 4.69) is 25.7 Å². The van der Waals surface area contributed by atoms with E-state index in [1.54, 1.807) is 6.07 Å². The van der Waals surface area contributed by atoms with Crippen LogP contribution in [0.15, 0.2) is 54.6 Å². The Balaban J connectivity index is 1.39. The van der Waals surface area contributed by atoms with Gasteiger partial charge in [0.1, 0.15) is 0 Å². The molecule has 1 aromatic heterocycles. The summed E-state index contributed by atoms with van der Waals surface area (Å²) in [5.41, 5.74) is 4.03. The third-order valence-electron chi connectivity index (χ3n) is 5.14. The molecular formula is C23H24ClN5O. The first kappa shape index (κ1) is 20.2. The quantitative estimate of drug-likeness (QED) is 0.563. The maximum Gasteiger partial charge on any atom is 0.323 e. The maximum atomic E-state index is 12.3. The first-order valence-electron chi connectivity index (χ1n) is 10.1. The number of carbonyl (C=O) groups excluding carboxylic acids is 1. The standard InChI is InChI=1S/C23H24ClN5O/c1-16-5-10-19(24)21(15-16)26-23(30)25-18-8-6-17(7-9-18)20-11-12-22(28-27-20)29-13-3-2-4-14-29/h5-12,15H,2-4,13-14H2,1H3,(H2,25,26,30). The number of carbonyl (C=O) groups is 1. The smallest absolute Gasteiger partial charge is 0.323 e. The van der Waals surface area contributed by atoms with Gasteiger partial charge >= 0.3 is 6.03 Å². The minimum absolute atomic E-state index is 0.346.